The van der Waals surface area contributed by atoms with Crippen LogP contribution in [0.3, 0.4) is 0 Å². The minimum absolute atomic E-state index is 0.148. The summed E-state index contributed by atoms with van der Waals surface area (Å²) >= 11 is 1.58. The Hall–Kier alpha value is -2.59. The number of ether oxygens (including phenoxy) is 1. The smallest absolute Gasteiger partial charge is 0.407 e. The van der Waals surface area contributed by atoms with Crippen LogP contribution in [0.1, 0.15) is 28.0 Å². The number of pyridine rings is 1. The summed E-state index contributed by atoms with van der Waals surface area (Å²) in [5, 5.41) is 16.0. The number of carbonyl (C=O) groups excluding carboxylic acids is 1. The highest BCUT2D eigenvalue weighted by atomic mass is 32.1. The summed E-state index contributed by atoms with van der Waals surface area (Å²) in [6.07, 6.45) is 4.99. The fourth-order valence-electron chi connectivity index (χ4n) is 2.82. The topological polar surface area (TPSA) is 87.0 Å². The van der Waals surface area contributed by atoms with Gasteiger partial charge in [-0.25, -0.2) is 4.79 Å². The maximum atomic E-state index is 12.0. The summed E-state index contributed by atoms with van der Waals surface area (Å²) < 4.78 is 5.52. The number of nitrogens with one attached hydrogen (secondary N) is 2. The zero-order valence-electron chi connectivity index (χ0n) is 13.3. The Labute approximate surface area is 144 Å². The van der Waals surface area contributed by atoms with E-state index in [-0.39, 0.29) is 6.10 Å². The molecule has 0 fully saturated rings. The van der Waals surface area contributed by atoms with Gasteiger partial charge in [0.25, 0.3) is 0 Å². The molecule has 24 heavy (non-hydrogen) atoms. The molecule has 2 N–H and O–H groups in total. The Kier molecular flexibility index (Phi) is 4.96. The van der Waals surface area contributed by atoms with Gasteiger partial charge in [-0.15, -0.1) is 11.3 Å². The van der Waals surface area contributed by atoms with Crippen LogP contribution in [0.2, 0.25) is 0 Å². The molecule has 0 bridgehead atoms. The normalized spacial score (nSPS) is 15.9. The van der Waals surface area contributed by atoms with Gasteiger partial charge in [0.05, 0.1) is 5.56 Å². The van der Waals surface area contributed by atoms with Gasteiger partial charge in [-0.1, -0.05) is 0 Å². The van der Waals surface area contributed by atoms with Gasteiger partial charge in [0.15, 0.2) is 0 Å². The second-order valence-corrected chi connectivity index (χ2v) is 6.65. The number of hydrogen-bond donors (Lipinski definition) is 2. The summed E-state index contributed by atoms with van der Waals surface area (Å²) in [4.78, 5) is 17.0. The van der Waals surface area contributed by atoms with E-state index in [9.17, 15) is 10.1 Å². The molecule has 0 radical (unpaired) electrons. The molecule has 0 aromatic carbocycles. The zero-order chi connectivity index (χ0) is 16.9. The summed E-state index contributed by atoms with van der Waals surface area (Å²) in [6.45, 7) is 0.417. The Balaban J connectivity index is 1.57. The van der Waals surface area contributed by atoms with Crippen molar-refractivity contribution in [2.75, 3.05) is 12.4 Å². The summed E-state index contributed by atoms with van der Waals surface area (Å²) in [5.41, 5.74) is 2.81. The van der Waals surface area contributed by atoms with Gasteiger partial charge in [-0.2, -0.15) is 5.26 Å². The standard InChI is InChI=1S/C17H18N4O2S/c1-19-16-14(9-18)13-3-2-12(8-15(13)24-16)23-17(22)21-10-11-4-6-20-7-5-11/h4-7,12,19H,2-3,8,10H2,1H3,(H,21,22). The zero-order valence-corrected chi connectivity index (χ0v) is 14.2. The fraction of sp³-hybridized carbons (Fsp3) is 0.353. The lowest BCUT2D eigenvalue weighted by molar-refractivity contribution is 0.0897. The van der Waals surface area contributed by atoms with Crippen molar-refractivity contribution >= 4 is 22.4 Å². The van der Waals surface area contributed by atoms with Gasteiger partial charge in [0, 0.05) is 37.3 Å². The molecule has 1 aliphatic carbocycles. The fourth-order valence-corrected chi connectivity index (χ4v) is 4.03. The largest absolute Gasteiger partial charge is 0.446 e. The second kappa shape index (κ2) is 7.32. The van der Waals surface area contributed by atoms with Crippen molar-refractivity contribution in [2.24, 2.45) is 0 Å². The quantitative estimate of drug-likeness (QED) is 0.892. The van der Waals surface area contributed by atoms with Crippen LogP contribution in [0, 0.1) is 11.3 Å². The first-order chi connectivity index (χ1) is 11.7. The van der Waals surface area contributed by atoms with E-state index >= 15 is 0 Å². The lowest BCUT2D eigenvalue weighted by atomic mass is 9.94. The van der Waals surface area contributed by atoms with Crippen LogP contribution in [-0.2, 0) is 24.1 Å². The lowest BCUT2D eigenvalue weighted by Crippen LogP contribution is -2.31. The number of fused-ring (bicyclic) bond motifs is 1. The highest BCUT2D eigenvalue weighted by Gasteiger charge is 2.27. The minimum atomic E-state index is -0.411. The first-order valence-electron chi connectivity index (χ1n) is 7.77. The number of nitrogens with zero attached hydrogens (tertiary/aromatic N) is 2. The summed E-state index contributed by atoms with van der Waals surface area (Å²) in [6, 6.07) is 5.97. The highest BCUT2D eigenvalue weighted by molar-refractivity contribution is 7.16. The van der Waals surface area contributed by atoms with Gasteiger partial charge in [0.2, 0.25) is 0 Å². The number of alkyl carbamates (subject to hydrolysis) is 1. The molecule has 0 spiro atoms. The first-order valence-corrected chi connectivity index (χ1v) is 8.58. The predicted molar refractivity (Wildman–Crippen MR) is 92.0 cm³/mol. The van der Waals surface area contributed by atoms with Gasteiger partial charge in [-0.3, -0.25) is 4.98 Å². The molecule has 6 nitrogen and oxygen atoms in total. The Bertz CT molecular complexity index is 767. The van der Waals surface area contributed by atoms with Crippen molar-refractivity contribution in [3.63, 3.8) is 0 Å². The van der Waals surface area contributed by atoms with E-state index in [0.29, 0.717) is 13.0 Å². The van der Waals surface area contributed by atoms with Crippen LogP contribution in [-0.4, -0.2) is 24.2 Å². The Morgan fingerprint density at radius 2 is 2.29 bits per heavy atom. The van der Waals surface area contributed by atoms with Crippen molar-refractivity contribution in [1.29, 1.82) is 5.26 Å². The molecule has 7 heteroatoms. The molecule has 124 valence electrons. The van der Waals surface area contributed by atoms with Crippen LogP contribution in [0.25, 0.3) is 0 Å². The molecular formula is C17H18N4O2S. The Morgan fingerprint density at radius 1 is 1.50 bits per heavy atom. The van der Waals surface area contributed by atoms with Crippen LogP contribution in [0.15, 0.2) is 24.5 Å². The molecule has 0 aliphatic heterocycles. The van der Waals surface area contributed by atoms with Crippen molar-refractivity contribution in [1.82, 2.24) is 10.3 Å². The third kappa shape index (κ3) is 3.49. The molecule has 1 atom stereocenters. The highest BCUT2D eigenvalue weighted by Crippen LogP contribution is 2.38. The predicted octanol–water partition coefficient (Wildman–Crippen LogP) is 2.84. The first kappa shape index (κ1) is 16.3. The molecule has 0 saturated heterocycles. The molecule has 3 rings (SSSR count). The maximum absolute atomic E-state index is 12.0. The molecular weight excluding hydrogens is 324 g/mol. The van der Waals surface area contributed by atoms with Gasteiger partial charge in [-0.05, 0) is 36.1 Å². The summed E-state index contributed by atoms with van der Waals surface area (Å²) in [7, 11) is 1.82. The number of carbonyl (C=O) groups is 1. The van der Waals surface area contributed by atoms with Gasteiger partial charge < -0.3 is 15.4 Å². The molecule has 1 amide bonds. The lowest BCUT2D eigenvalue weighted by Gasteiger charge is -2.22. The van der Waals surface area contributed by atoms with E-state index in [2.05, 4.69) is 21.7 Å². The molecule has 1 unspecified atom stereocenters. The van der Waals surface area contributed by atoms with E-state index in [0.717, 1.165) is 39.4 Å². The second-order valence-electron chi connectivity index (χ2n) is 5.55. The number of hydrogen-bond acceptors (Lipinski definition) is 6. The molecule has 2 aromatic rings. The van der Waals surface area contributed by atoms with Crippen LogP contribution < -0.4 is 10.6 Å². The number of anilines is 1. The molecule has 2 heterocycles. The monoisotopic (exact) mass is 342 g/mol. The number of rotatable bonds is 4. The van der Waals surface area contributed by atoms with E-state index in [1.165, 1.54) is 0 Å². The van der Waals surface area contributed by atoms with Crippen molar-refractivity contribution in [2.45, 2.75) is 31.9 Å². The van der Waals surface area contributed by atoms with E-state index in [1.54, 1.807) is 23.7 Å². The Morgan fingerprint density at radius 3 is 3.00 bits per heavy atom. The van der Waals surface area contributed by atoms with Crippen LogP contribution in [0.4, 0.5) is 9.80 Å². The third-order valence-electron chi connectivity index (χ3n) is 4.02. The average molecular weight is 342 g/mol. The maximum Gasteiger partial charge on any atom is 0.407 e. The number of thiophene rings is 1. The third-order valence-corrected chi connectivity index (χ3v) is 5.29. The minimum Gasteiger partial charge on any atom is -0.446 e. The van der Waals surface area contributed by atoms with Crippen LogP contribution >= 0.6 is 11.3 Å². The number of amides is 1. The van der Waals surface area contributed by atoms with Crippen LogP contribution in [0.5, 0.6) is 0 Å². The van der Waals surface area contributed by atoms with E-state index in [4.69, 9.17) is 4.74 Å². The van der Waals surface area contributed by atoms with Crippen molar-refractivity contribution in [3.8, 4) is 6.07 Å². The SMILES string of the molecule is CNc1sc2c(c1C#N)CCC(OC(=O)NCc1ccncc1)C2. The van der Waals surface area contributed by atoms with Crippen molar-refractivity contribution in [3.05, 3.63) is 46.1 Å². The average Bonchev–Trinajstić information content (AvgIpc) is 2.97. The number of nitriles is 1. The summed E-state index contributed by atoms with van der Waals surface area (Å²) in [5.74, 6) is 0. The van der Waals surface area contributed by atoms with Crippen molar-refractivity contribution < 1.29 is 9.53 Å². The molecule has 0 saturated carbocycles. The molecule has 1 aliphatic rings. The van der Waals surface area contributed by atoms with Gasteiger partial charge >= 0.3 is 6.09 Å². The van der Waals surface area contributed by atoms with E-state index in [1.807, 2.05) is 19.2 Å². The molecule has 2 aromatic heterocycles. The van der Waals surface area contributed by atoms with Gasteiger partial charge in [0.1, 0.15) is 17.2 Å². The van der Waals surface area contributed by atoms with E-state index < -0.39 is 6.09 Å². The number of aromatic nitrogens is 1.